The first kappa shape index (κ1) is 12.8. The Kier molecular flexibility index (Phi) is 3.57. The van der Waals surface area contributed by atoms with Crippen molar-refractivity contribution >= 4 is 11.6 Å². The maximum Gasteiger partial charge on any atom is 0.252 e. The van der Waals surface area contributed by atoms with Crippen molar-refractivity contribution in [1.29, 1.82) is 5.26 Å². The molecule has 1 amide bonds. The number of benzene rings is 1. The molecule has 0 radical (unpaired) electrons. The number of nitriles is 1. The van der Waals surface area contributed by atoms with Gasteiger partial charge in [0, 0.05) is 5.69 Å². The quantitative estimate of drug-likeness (QED) is 0.898. The Morgan fingerprint density at radius 2 is 2.26 bits per heavy atom. The molecular formula is C13H13N5O. The Balaban J connectivity index is 2.05. The Labute approximate surface area is 110 Å². The van der Waals surface area contributed by atoms with Gasteiger partial charge in [0.1, 0.15) is 18.9 Å². The van der Waals surface area contributed by atoms with Crippen LogP contribution in [0.4, 0.5) is 5.69 Å². The van der Waals surface area contributed by atoms with Gasteiger partial charge in [-0.25, -0.2) is 9.67 Å². The highest BCUT2D eigenvalue weighted by Gasteiger charge is 2.07. The fourth-order valence-electron chi connectivity index (χ4n) is 1.63. The lowest BCUT2D eigenvalue weighted by Crippen LogP contribution is -2.19. The highest BCUT2D eigenvalue weighted by Crippen LogP contribution is 2.16. The van der Waals surface area contributed by atoms with E-state index >= 15 is 0 Å². The Bertz CT molecular complexity index is 653. The van der Waals surface area contributed by atoms with E-state index in [1.54, 1.807) is 0 Å². The number of aromatic nitrogens is 3. The third-order valence-electron chi connectivity index (χ3n) is 2.61. The molecule has 0 bridgehead atoms. The molecule has 1 aromatic carbocycles. The smallest absolute Gasteiger partial charge is 0.252 e. The molecule has 0 atom stereocenters. The van der Waals surface area contributed by atoms with Crippen molar-refractivity contribution in [2.45, 2.75) is 20.4 Å². The SMILES string of the molecule is Cc1ccc(C)c(NC(=O)Cn2cnc(C#N)n2)c1. The van der Waals surface area contributed by atoms with Crippen LogP contribution in [-0.4, -0.2) is 20.7 Å². The van der Waals surface area contributed by atoms with E-state index in [-0.39, 0.29) is 18.3 Å². The molecule has 96 valence electrons. The Hall–Kier alpha value is -2.68. The number of aryl methyl sites for hydroxylation is 2. The topological polar surface area (TPSA) is 83.6 Å². The number of nitrogens with zero attached hydrogens (tertiary/aromatic N) is 4. The normalized spacial score (nSPS) is 9.95. The largest absolute Gasteiger partial charge is 0.324 e. The van der Waals surface area contributed by atoms with Crippen molar-refractivity contribution in [2.24, 2.45) is 0 Å². The van der Waals surface area contributed by atoms with Gasteiger partial charge in [-0.3, -0.25) is 4.79 Å². The van der Waals surface area contributed by atoms with Crippen molar-refractivity contribution in [2.75, 3.05) is 5.32 Å². The van der Waals surface area contributed by atoms with E-state index in [1.165, 1.54) is 11.0 Å². The summed E-state index contributed by atoms with van der Waals surface area (Å²) in [5.41, 5.74) is 2.86. The summed E-state index contributed by atoms with van der Waals surface area (Å²) in [5.74, 6) is -0.150. The van der Waals surface area contributed by atoms with Crippen molar-refractivity contribution in [1.82, 2.24) is 14.8 Å². The van der Waals surface area contributed by atoms with Crippen molar-refractivity contribution in [3.63, 3.8) is 0 Å². The van der Waals surface area contributed by atoms with Gasteiger partial charge in [-0.1, -0.05) is 12.1 Å². The first-order valence-corrected chi connectivity index (χ1v) is 5.75. The van der Waals surface area contributed by atoms with E-state index < -0.39 is 0 Å². The van der Waals surface area contributed by atoms with Gasteiger partial charge in [0.15, 0.2) is 0 Å². The van der Waals surface area contributed by atoms with Crippen molar-refractivity contribution in [3.05, 3.63) is 41.5 Å². The monoisotopic (exact) mass is 255 g/mol. The van der Waals surface area contributed by atoms with Crippen LogP contribution < -0.4 is 5.32 Å². The first-order valence-electron chi connectivity index (χ1n) is 5.75. The molecule has 1 heterocycles. The van der Waals surface area contributed by atoms with E-state index in [0.29, 0.717) is 0 Å². The lowest BCUT2D eigenvalue weighted by atomic mass is 10.1. The maximum atomic E-state index is 11.9. The molecule has 0 aliphatic heterocycles. The van der Waals surface area contributed by atoms with Gasteiger partial charge in [-0.05, 0) is 31.0 Å². The minimum Gasteiger partial charge on any atom is -0.324 e. The molecule has 0 saturated carbocycles. The molecule has 0 unspecified atom stereocenters. The van der Waals surface area contributed by atoms with Gasteiger partial charge < -0.3 is 5.32 Å². The molecular weight excluding hydrogens is 242 g/mol. The lowest BCUT2D eigenvalue weighted by Gasteiger charge is -2.09. The molecule has 0 aliphatic carbocycles. The van der Waals surface area contributed by atoms with Crippen LogP contribution in [0.2, 0.25) is 0 Å². The molecule has 0 aliphatic rings. The summed E-state index contributed by atoms with van der Waals surface area (Å²) in [5, 5.41) is 15.2. The number of carbonyl (C=O) groups is 1. The zero-order chi connectivity index (χ0) is 13.8. The molecule has 1 N–H and O–H groups in total. The van der Waals surface area contributed by atoms with Crippen LogP contribution in [0, 0.1) is 25.2 Å². The summed E-state index contributed by atoms with van der Waals surface area (Å²) < 4.78 is 1.33. The average molecular weight is 255 g/mol. The van der Waals surface area contributed by atoms with Crippen LogP contribution in [0.25, 0.3) is 0 Å². The molecule has 0 spiro atoms. The Morgan fingerprint density at radius 3 is 2.95 bits per heavy atom. The summed E-state index contributed by atoms with van der Waals surface area (Å²) in [6.45, 7) is 3.92. The summed E-state index contributed by atoms with van der Waals surface area (Å²) in [4.78, 5) is 15.6. The molecule has 6 nitrogen and oxygen atoms in total. The molecule has 2 aromatic rings. The number of anilines is 1. The fourth-order valence-corrected chi connectivity index (χ4v) is 1.63. The van der Waals surface area contributed by atoms with Gasteiger partial charge in [0.2, 0.25) is 5.91 Å². The second kappa shape index (κ2) is 5.31. The van der Waals surface area contributed by atoms with Crippen LogP contribution >= 0.6 is 0 Å². The van der Waals surface area contributed by atoms with E-state index in [4.69, 9.17) is 5.26 Å². The van der Waals surface area contributed by atoms with Crippen LogP contribution in [0.1, 0.15) is 17.0 Å². The lowest BCUT2D eigenvalue weighted by molar-refractivity contribution is -0.116. The van der Waals surface area contributed by atoms with Crippen molar-refractivity contribution < 1.29 is 4.79 Å². The van der Waals surface area contributed by atoms with Gasteiger partial charge in [0.25, 0.3) is 5.82 Å². The van der Waals surface area contributed by atoms with E-state index in [2.05, 4.69) is 15.4 Å². The zero-order valence-corrected chi connectivity index (χ0v) is 10.7. The summed E-state index contributed by atoms with van der Waals surface area (Å²) in [6, 6.07) is 7.66. The molecule has 1 aromatic heterocycles. The summed E-state index contributed by atoms with van der Waals surface area (Å²) >= 11 is 0. The standard InChI is InChI=1S/C13H13N5O/c1-9-3-4-10(2)11(5-9)16-13(19)7-18-8-15-12(6-14)17-18/h3-5,8H,7H2,1-2H3,(H,16,19). The maximum absolute atomic E-state index is 11.9. The van der Waals surface area contributed by atoms with Gasteiger partial charge in [-0.15, -0.1) is 5.10 Å². The average Bonchev–Trinajstić information content (AvgIpc) is 2.81. The number of amides is 1. The minimum absolute atomic E-state index is 0.0298. The molecule has 0 fully saturated rings. The molecule has 19 heavy (non-hydrogen) atoms. The number of nitrogens with one attached hydrogen (secondary N) is 1. The molecule has 0 saturated heterocycles. The first-order chi connectivity index (χ1) is 9.08. The zero-order valence-electron chi connectivity index (χ0n) is 10.7. The van der Waals surface area contributed by atoms with Gasteiger partial charge in [0.05, 0.1) is 0 Å². The van der Waals surface area contributed by atoms with Crippen molar-refractivity contribution in [3.8, 4) is 6.07 Å². The van der Waals surface area contributed by atoms with Crippen LogP contribution in [0.5, 0.6) is 0 Å². The summed E-state index contributed by atoms with van der Waals surface area (Å²) in [7, 11) is 0. The fraction of sp³-hybridized carbons (Fsp3) is 0.231. The summed E-state index contributed by atoms with van der Waals surface area (Å²) in [6.07, 6.45) is 1.36. The van der Waals surface area contributed by atoms with Crippen LogP contribution in [-0.2, 0) is 11.3 Å². The predicted octanol–water partition coefficient (Wildman–Crippen LogP) is 1.41. The van der Waals surface area contributed by atoms with E-state index in [9.17, 15) is 4.79 Å². The predicted molar refractivity (Wildman–Crippen MR) is 69.3 cm³/mol. The number of hydrogen-bond acceptors (Lipinski definition) is 4. The van der Waals surface area contributed by atoms with Crippen LogP contribution in [0.3, 0.4) is 0 Å². The number of hydrogen-bond donors (Lipinski definition) is 1. The second-order valence-electron chi connectivity index (χ2n) is 4.24. The third kappa shape index (κ3) is 3.16. The highest BCUT2D eigenvalue weighted by molar-refractivity contribution is 5.91. The molecule has 6 heteroatoms. The Morgan fingerprint density at radius 1 is 1.47 bits per heavy atom. The third-order valence-corrected chi connectivity index (χ3v) is 2.61. The van der Waals surface area contributed by atoms with Gasteiger partial charge in [-0.2, -0.15) is 5.26 Å². The second-order valence-corrected chi connectivity index (χ2v) is 4.24. The number of carbonyl (C=O) groups excluding carboxylic acids is 1. The van der Waals surface area contributed by atoms with E-state index in [0.717, 1.165) is 16.8 Å². The minimum atomic E-state index is -0.205. The molecule has 2 rings (SSSR count). The van der Waals surface area contributed by atoms with Crippen LogP contribution in [0.15, 0.2) is 24.5 Å². The number of rotatable bonds is 3. The van der Waals surface area contributed by atoms with Gasteiger partial charge >= 0.3 is 0 Å². The highest BCUT2D eigenvalue weighted by atomic mass is 16.2. The van der Waals surface area contributed by atoms with E-state index in [1.807, 2.05) is 38.1 Å².